The van der Waals surface area contributed by atoms with Crippen molar-refractivity contribution < 1.29 is 4.74 Å². The molecule has 4 rings (SSSR count). The number of nitrogens with two attached hydrogens (primary N) is 2. The van der Waals surface area contributed by atoms with Crippen LogP contribution < -0.4 is 21.5 Å². The van der Waals surface area contributed by atoms with E-state index in [0.29, 0.717) is 10.4 Å². The molecule has 2 aliphatic heterocycles. The van der Waals surface area contributed by atoms with Gasteiger partial charge in [-0.2, -0.15) is 10.9 Å². The van der Waals surface area contributed by atoms with E-state index in [-0.39, 0.29) is 5.96 Å². The molecule has 1 fully saturated rings. The van der Waals surface area contributed by atoms with Crippen molar-refractivity contribution in [3.8, 4) is 0 Å². The first-order valence-corrected chi connectivity index (χ1v) is 7.63. The molecule has 1 saturated heterocycles. The molecule has 6 heteroatoms. The van der Waals surface area contributed by atoms with Crippen molar-refractivity contribution >= 4 is 33.8 Å². The van der Waals surface area contributed by atoms with Gasteiger partial charge in [-0.3, -0.25) is 5.73 Å². The van der Waals surface area contributed by atoms with Gasteiger partial charge in [0.05, 0.1) is 5.39 Å². The molecule has 2 aromatic carbocycles. The van der Waals surface area contributed by atoms with E-state index in [1.165, 1.54) is 30.0 Å². The van der Waals surface area contributed by atoms with Crippen LogP contribution in [0, 0.1) is 5.21 Å². The number of hydrazine groups is 1. The summed E-state index contributed by atoms with van der Waals surface area (Å²) in [7, 11) is 0. The van der Waals surface area contributed by atoms with E-state index in [1.54, 1.807) is 0 Å². The van der Waals surface area contributed by atoms with E-state index in [2.05, 4.69) is 11.0 Å². The fourth-order valence-corrected chi connectivity index (χ4v) is 3.48. The largest absolute Gasteiger partial charge is 0.740 e. The summed E-state index contributed by atoms with van der Waals surface area (Å²) in [5.74, 6) is 5.97. The van der Waals surface area contributed by atoms with Crippen molar-refractivity contribution in [3.05, 3.63) is 35.5 Å². The second-order valence-corrected chi connectivity index (χ2v) is 5.87. The summed E-state index contributed by atoms with van der Waals surface area (Å²) in [6.45, 7) is 2.11. The lowest BCUT2D eigenvalue weighted by molar-refractivity contribution is -0.362. The molecule has 0 aromatic heterocycles. The Morgan fingerprint density at radius 1 is 1.00 bits per heavy atom. The number of guanidine groups is 1. The molecule has 2 aromatic rings. The maximum atomic E-state index is 12.3. The monoisotopic (exact) mass is 297 g/mol. The van der Waals surface area contributed by atoms with Crippen LogP contribution in [0.3, 0.4) is 0 Å². The lowest BCUT2D eigenvalue weighted by atomic mass is 10.0. The molecule has 6 nitrogen and oxygen atoms in total. The minimum absolute atomic E-state index is 0.00859. The summed E-state index contributed by atoms with van der Waals surface area (Å²) in [5, 5.41) is 15.5. The average Bonchev–Trinajstić information content (AvgIpc) is 2.58. The van der Waals surface area contributed by atoms with Crippen LogP contribution in [0.4, 0.5) is 17.1 Å². The Kier molecular flexibility index (Phi) is 2.87. The molecule has 4 N–H and O–H groups in total. The highest BCUT2D eigenvalue weighted by atomic mass is 16.5. The summed E-state index contributed by atoms with van der Waals surface area (Å²) in [4.78, 5) is 2.39. The van der Waals surface area contributed by atoms with Gasteiger partial charge in [0, 0.05) is 24.2 Å². The minimum Gasteiger partial charge on any atom is -0.740 e. The first-order valence-electron chi connectivity index (χ1n) is 7.63. The van der Waals surface area contributed by atoms with Crippen molar-refractivity contribution in [2.24, 2.45) is 11.6 Å². The van der Waals surface area contributed by atoms with Crippen LogP contribution in [-0.2, 0) is 0 Å². The zero-order chi connectivity index (χ0) is 15.3. The highest BCUT2D eigenvalue weighted by molar-refractivity contribution is 6.13. The third-order valence-corrected chi connectivity index (χ3v) is 4.60. The molecule has 0 spiro atoms. The SMILES string of the molecule is NC1=[N+]([O-])c2ccc(N3CCCCC3)c3cccc(c23)N1N. The highest BCUT2D eigenvalue weighted by Gasteiger charge is 2.28. The highest BCUT2D eigenvalue weighted by Crippen LogP contribution is 2.41. The number of rotatable bonds is 1. The number of nitrogens with zero attached hydrogens (tertiary/aromatic N) is 3. The van der Waals surface area contributed by atoms with Crippen molar-refractivity contribution in [2.45, 2.75) is 19.3 Å². The molecule has 22 heavy (non-hydrogen) atoms. The summed E-state index contributed by atoms with van der Waals surface area (Å²) < 4.78 is 0.704. The van der Waals surface area contributed by atoms with Crippen LogP contribution in [0.15, 0.2) is 30.3 Å². The van der Waals surface area contributed by atoms with Gasteiger partial charge in [0.15, 0.2) is 0 Å². The molecular weight excluding hydrogens is 278 g/mol. The van der Waals surface area contributed by atoms with E-state index in [1.807, 2.05) is 24.3 Å². The molecule has 0 bridgehead atoms. The summed E-state index contributed by atoms with van der Waals surface area (Å²) in [6, 6.07) is 9.78. The number of anilines is 2. The fourth-order valence-electron chi connectivity index (χ4n) is 3.48. The molecule has 2 aliphatic rings. The smallest absolute Gasteiger partial charge is 0.373 e. The predicted molar refractivity (Wildman–Crippen MR) is 89.2 cm³/mol. The Bertz CT molecular complexity index is 779. The third-order valence-electron chi connectivity index (χ3n) is 4.60. The number of hydrogen-bond acceptors (Lipinski definition) is 5. The molecule has 0 amide bonds. The summed E-state index contributed by atoms with van der Waals surface area (Å²) in [5.41, 5.74) is 8.32. The van der Waals surface area contributed by atoms with Crippen molar-refractivity contribution in [3.63, 3.8) is 0 Å². The molecule has 2 heterocycles. The Morgan fingerprint density at radius 2 is 1.77 bits per heavy atom. The molecule has 0 unspecified atom stereocenters. The van der Waals surface area contributed by atoms with Gasteiger partial charge < -0.3 is 10.1 Å². The van der Waals surface area contributed by atoms with E-state index in [0.717, 1.165) is 29.5 Å². The Hall–Kier alpha value is -2.47. The van der Waals surface area contributed by atoms with Crippen LogP contribution in [-0.4, -0.2) is 23.8 Å². The summed E-state index contributed by atoms with van der Waals surface area (Å²) >= 11 is 0. The van der Waals surface area contributed by atoms with Gasteiger partial charge in [-0.25, -0.2) is 4.74 Å². The first-order chi connectivity index (χ1) is 10.7. The third kappa shape index (κ3) is 1.74. The zero-order valence-electron chi connectivity index (χ0n) is 12.3. The second kappa shape index (κ2) is 4.78. The number of hydrogen-bond donors (Lipinski definition) is 2. The van der Waals surface area contributed by atoms with E-state index in [4.69, 9.17) is 11.6 Å². The van der Waals surface area contributed by atoms with Gasteiger partial charge in [0.1, 0.15) is 11.4 Å². The topological polar surface area (TPSA) is 84.6 Å². The Morgan fingerprint density at radius 3 is 2.55 bits per heavy atom. The molecule has 0 saturated carbocycles. The number of benzene rings is 2. The van der Waals surface area contributed by atoms with Crippen LogP contribution in [0.5, 0.6) is 0 Å². The van der Waals surface area contributed by atoms with Gasteiger partial charge in [-0.1, -0.05) is 12.1 Å². The van der Waals surface area contributed by atoms with E-state index < -0.39 is 0 Å². The van der Waals surface area contributed by atoms with Crippen LogP contribution in [0.1, 0.15) is 19.3 Å². The maximum Gasteiger partial charge on any atom is 0.373 e. The second-order valence-electron chi connectivity index (χ2n) is 5.87. The first kappa shape index (κ1) is 13.2. The van der Waals surface area contributed by atoms with Crippen molar-refractivity contribution in [1.29, 1.82) is 0 Å². The Balaban J connectivity index is 1.98. The van der Waals surface area contributed by atoms with Gasteiger partial charge in [0.25, 0.3) is 0 Å². The van der Waals surface area contributed by atoms with Gasteiger partial charge in [-0.05, 0) is 37.5 Å². The maximum absolute atomic E-state index is 12.3. The molecule has 0 radical (unpaired) electrons. The van der Waals surface area contributed by atoms with Crippen molar-refractivity contribution in [1.82, 2.24) is 0 Å². The lowest BCUT2D eigenvalue weighted by Gasteiger charge is -2.32. The van der Waals surface area contributed by atoms with Gasteiger partial charge in [-0.15, -0.1) is 0 Å². The summed E-state index contributed by atoms with van der Waals surface area (Å²) in [6.07, 6.45) is 3.70. The van der Waals surface area contributed by atoms with Crippen LogP contribution in [0.2, 0.25) is 0 Å². The molecule has 0 atom stereocenters. The van der Waals surface area contributed by atoms with Crippen LogP contribution >= 0.6 is 0 Å². The normalized spacial score (nSPS) is 18.2. The number of piperidine rings is 1. The van der Waals surface area contributed by atoms with E-state index >= 15 is 0 Å². The predicted octanol–water partition coefficient (Wildman–Crippen LogP) is 1.98. The standard InChI is InChI=1S/C16H19N5O/c17-16-20(18)13-6-4-5-11-12(19-9-2-1-3-10-19)7-8-14(15(11)13)21(16)22/h4-8H,1-3,9-10,17-18H2. The average molecular weight is 297 g/mol. The van der Waals surface area contributed by atoms with Crippen LogP contribution in [0.25, 0.3) is 10.8 Å². The van der Waals surface area contributed by atoms with Crippen molar-refractivity contribution in [2.75, 3.05) is 23.0 Å². The fraction of sp³-hybridized carbons (Fsp3) is 0.312. The van der Waals surface area contributed by atoms with Gasteiger partial charge >= 0.3 is 5.96 Å². The lowest BCUT2D eigenvalue weighted by Crippen LogP contribution is -2.48. The molecule has 114 valence electrons. The molecular formula is C16H19N5O. The van der Waals surface area contributed by atoms with Gasteiger partial charge in [0.2, 0.25) is 0 Å². The minimum atomic E-state index is -0.00859. The van der Waals surface area contributed by atoms with E-state index in [9.17, 15) is 5.21 Å². The quantitative estimate of drug-likeness (QED) is 0.477. The molecule has 0 aliphatic carbocycles. The zero-order valence-corrected chi connectivity index (χ0v) is 12.3. The Labute approximate surface area is 128 Å².